The molecule has 4 rings (SSSR count). The Morgan fingerprint density at radius 3 is 2.02 bits per heavy atom. The van der Waals surface area contributed by atoms with E-state index in [-0.39, 0.29) is 54.6 Å². The maximum absolute atomic E-state index is 14.1. The van der Waals surface area contributed by atoms with Gasteiger partial charge in [0.05, 0.1) is 57.4 Å². The second-order valence-electron chi connectivity index (χ2n) is 9.78. The Balaban J connectivity index is 1.59. The van der Waals surface area contributed by atoms with Gasteiger partial charge in [-0.3, -0.25) is 0 Å². The first-order valence-corrected chi connectivity index (χ1v) is 13.8. The summed E-state index contributed by atoms with van der Waals surface area (Å²) in [5, 5.41) is 60.7. The van der Waals surface area contributed by atoms with Crippen molar-refractivity contribution in [2.24, 2.45) is 5.73 Å². The molecule has 0 radical (unpaired) electrons. The van der Waals surface area contributed by atoms with Crippen LogP contribution < -0.4 is 10.5 Å². The number of hydrogen-bond donors (Lipinski definition) is 7. The maximum Gasteiger partial charge on any atom is 0.338 e. The number of phenols is 6. The number of halogens is 1. The van der Waals surface area contributed by atoms with E-state index in [4.69, 9.17) is 34.2 Å². The molecule has 3 aromatic carbocycles. The molecule has 3 aromatic rings. The first kappa shape index (κ1) is 33.4. The van der Waals surface area contributed by atoms with Crippen LogP contribution in [0.3, 0.4) is 0 Å². The number of fused-ring (bicyclic) bond motifs is 1. The average molecular weight is 636 g/mol. The fraction of sp³-hybridized carbons (Fsp3) is 0.367. The van der Waals surface area contributed by atoms with E-state index >= 15 is 0 Å². The lowest BCUT2D eigenvalue weighted by Crippen LogP contribution is -2.40. The second-order valence-corrected chi connectivity index (χ2v) is 9.78. The summed E-state index contributed by atoms with van der Waals surface area (Å²) in [6, 6.07) is 7.15. The third-order valence-corrected chi connectivity index (χ3v) is 6.62. The van der Waals surface area contributed by atoms with Gasteiger partial charge >= 0.3 is 5.97 Å². The predicted octanol–water partition coefficient (Wildman–Crippen LogP) is 2.48. The third kappa shape index (κ3) is 8.34. The molecule has 0 saturated heterocycles. The van der Waals surface area contributed by atoms with Gasteiger partial charge in [-0.1, -0.05) is 0 Å². The number of benzene rings is 3. The van der Waals surface area contributed by atoms with Gasteiger partial charge in [0.1, 0.15) is 23.4 Å². The van der Waals surface area contributed by atoms with Crippen LogP contribution in [0.1, 0.15) is 33.7 Å². The SMILES string of the molecule is NCCOCCOCCOCCOC1c2c(O)cc(O)cc2OC(c2cc(O)c(O)c(O)c2)C1OC(=O)c1ccc(O)c(F)c1. The van der Waals surface area contributed by atoms with Gasteiger partial charge < -0.3 is 64.8 Å². The molecule has 0 aliphatic carbocycles. The van der Waals surface area contributed by atoms with Crippen LogP contribution in [-0.4, -0.2) is 95.5 Å². The lowest BCUT2D eigenvalue weighted by atomic mass is 9.90. The molecular formula is C30H34FNO13. The van der Waals surface area contributed by atoms with Crippen LogP contribution in [0.2, 0.25) is 0 Å². The van der Waals surface area contributed by atoms with Crippen molar-refractivity contribution in [1.29, 1.82) is 0 Å². The molecule has 0 amide bonds. The van der Waals surface area contributed by atoms with Gasteiger partial charge in [-0.15, -0.1) is 0 Å². The summed E-state index contributed by atoms with van der Waals surface area (Å²) in [4.78, 5) is 13.2. The third-order valence-electron chi connectivity index (χ3n) is 6.62. The highest BCUT2D eigenvalue weighted by atomic mass is 19.1. The Hall–Kier alpha value is -4.54. The predicted molar refractivity (Wildman–Crippen MR) is 152 cm³/mol. The Bertz CT molecular complexity index is 1450. The zero-order chi connectivity index (χ0) is 32.5. The van der Waals surface area contributed by atoms with Crippen molar-refractivity contribution >= 4 is 5.97 Å². The number of esters is 1. The van der Waals surface area contributed by atoms with Crippen molar-refractivity contribution < 1.29 is 68.2 Å². The minimum atomic E-state index is -1.47. The highest BCUT2D eigenvalue weighted by Crippen LogP contribution is 2.51. The van der Waals surface area contributed by atoms with E-state index in [1.807, 2.05) is 0 Å². The van der Waals surface area contributed by atoms with Crippen molar-refractivity contribution in [2.75, 3.05) is 52.8 Å². The van der Waals surface area contributed by atoms with Crippen LogP contribution in [0.15, 0.2) is 42.5 Å². The summed E-state index contributed by atoms with van der Waals surface area (Å²) >= 11 is 0. The van der Waals surface area contributed by atoms with E-state index in [0.717, 1.165) is 36.4 Å². The average Bonchev–Trinajstić information content (AvgIpc) is 3.00. The van der Waals surface area contributed by atoms with E-state index in [1.165, 1.54) is 6.07 Å². The molecule has 14 nitrogen and oxygen atoms in total. The van der Waals surface area contributed by atoms with Crippen LogP contribution in [0.25, 0.3) is 0 Å². The summed E-state index contributed by atoms with van der Waals surface area (Å²) in [6.07, 6.45) is -4.15. The molecule has 1 heterocycles. The first-order chi connectivity index (χ1) is 21.6. The van der Waals surface area contributed by atoms with E-state index in [1.54, 1.807) is 0 Å². The van der Waals surface area contributed by atoms with Crippen molar-refractivity contribution in [3.8, 4) is 40.2 Å². The summed E-state index contributed by atoms with van der Waals surface area (Å²) < 4.78 is 48.0. The van der Waals surface area contributed by atoms with Crippen molar-refractivity contribution in [3.63, 3.8) is 0 Å². The van der Waals surface area contributed by atoms with Crippen molar-refractivity contribution in [2.45, 2.75) is 18.3 Å². The zero-order valence-corrected chi connectivity index (χ0v) is 23.9. The molecule has 244 valence electrons. The fourth-order valence-electron chi connectivity index (χ4n) is 4.54. The van der Waals surface area contributed by atoms with Gasteiger partial charge in [0.25, 0.3) is 0 Å². The number of carbonyl (C=O) groups is 1. The molecule has 3 unspecified atom stereocenters. The molecular weight excluding hydrogens is 601 g/mol. The minimum Gasteiger partial charge on any atom is -0.508 e. The van der Waals surface area contributed by atoms with Crippen LogP contribution in [0, 0.1) is 5.82 Å². The lowest BCUT2D eigenvalue weighted by molar-refractivity contribution is -0.118. The molecule has 0 fully saturated rings. The van der Waals surface area contributed by atoms with E-state index in [0.29, 0.717) is 26.4 Å². The number of phenolic OH excluding ortho intramolecular Hbond substituents is 6. The highest BCUT2D eigenvalue weighted by Gasteiger charge is 2.45. The Kier molecular flexibility index (Phi) is 11.5. The first-order valence-electron chi connectivity index (χ1n) is 13.8. The normalized spacial score (nSPS) is 17.4. The van der Waals surface area contributed by atoms with Gasteiger partial charge in [0.15, 0.2) is 41.0 Å². The van der Waals surface area contributed by atoms with Crippen molar-refractivity contribution in [3.05, 3.63) is 65.0 Å². The van der Waals surface area contributed by atoms with Gasteiger partial charge in [-0.25, -0.2) is 9.18 Å². The number of rotatable bonds is 15. The lowest BCUT2D eigenvalue weighted by Gasteiger charge is -2.39. The summed E-state index contributed by atoms with van der Waals surface area (Å²) in [6.45, 7) is 1.99. The van der Waals surface area contributed by atoms with E-state index in [2.05, 4.69) is 0 Å². The van der Waals surface area contributed by atoms with Crippen LogP contribution in [0.4, 0.5) is 4.39 Å². The van der Waals surface area contributed by atoms with E-state index in [9.17, 15) is 39.8 Å². The summed E-state index contributed by atoms with van der Waals surface area (Å²) in [5.41, 5.74) is 5.07. The molecule has 15 heteroatoms. The standard InChI is InChI=1S/C30H34FNO13/c31-19-11-16(1-2-20(19)34)30(39)45-29-27(17-12-22(36)26(38)23(37)13-17)44-24-15-18(33)14-21(35)25(24)28(29)43-10-9-42-8-7-41-6-5-40-4-3-32/h1-2,11-15,27-29,33-38H,3-10,32H2. The zero-order valence-electron chi connectivity index (χ0n) is 23.9. The Morgan fingerprint density at radius 2 is 1.40 bits per heavy atom. The fourth-order valence-corrected chi connectivity index (χ4v) is 4.54. The largest absolute Gasteiger partial charge is 0.508 e. The second kappa shape index (κ2) is 15.5. The number of carbonyl (C=O) groups excluding carboxylic acids is 1. The molecule has 45 heavy (non-hydrogen) atoms. The maximum atomic E-state index is 14.1. The van der Waals surface area contributed by atoms with Gasteiger partial charge in [0, 0.05) is 24.2 Å². The number of ether oxygens (including phenoxy) is 6. The topological polar surface area (TPSA) is 220 Å². The van der Waals surface area contributed by atoms with Gasteiger partial charge in [-0.2, -0.15) is 0 Å². The Morgan fingerprint density at radius 1 is 0.778 bits per heavy atom. The van der Waals surface area contributed by atoms with Gasteiger partial charge in [0.2, 0.25) is 0 Å². The molecule has 8 N–H and O–H groups in total. The van der Waals surface area contributed by atoms with Gasteiger partial charge in [-0.05, 0) is 30.3 Å². The molecule has 1 aliphatic heterocycles. The van der Waals surface area contributed by atoms with Crippen LogP contribution in [0.5, 0.6) is 40.2 Å². The smallest absolute Gasteiger partial charge is 0.338 e. The van der Waals surface area contributed by atoms with Crippen molar-refractivity contribution in [1.82, 2.24) is 0 Å². The van der Waals surface area contributed by atoms with Crippen LogP contribution >= 0.6 is 0 Å². The molecule has 0 aromatic heterocycles. The summed E-state index contributed by atoms with van der Waals surface area (Å²) in [5.74, 6) is -6.00. The molecule has 0 spiro atoms. The number of nitrogens with two attached hydrogens (primary N) is 1. The monoisotopic (exact) mass is 635 g/mol. The summed E-state index contributed by atoms with van der Waals surface area (Å²) in [7, 11) is 0. The quantitative estimate of drug-likeness (QED) is 0.0725. The number of hydrogen-bond acceptors (Lipinski definition) is 14. The highest BCUT2D eigenvalue weighted by molar-refractivity contribution is 5.89. The van der Waals surface area contributed by atoms with Crippen LogP contribution in [-0.2, 0) is 23.7 Å². The Labute approximate surface area is 256 Å². The molecule has 0 bridgehead atoms. The van der Waals surface area contributed by atoms with E-state index < -0.39 is 58.8 Å². The molecule has 3 atom stereocenters. The molecule has 1 aliphatic rings. The minimum absolute atomic E-state index is 0.00316. The molecule has 0 saturated carbocycles. The number of aromatic hydroxyl groups is 6.